The number of hydrogen-bond acceptors (Lipinski definition) is 3. The summed E-state index contributed by atoms with van der Waals surface area (Å²) in [6.07, 6.45) is 1.61. The second-order valence-electron chi connectivity index (χ2n) is 2.89. The van der Waals surface area contributed by atoms with Crippen LogP contribution in [-0.2, 0) is 0 Å². The number of hydrogen-bond donors (Lipinski definition) is 1. The van der Waals surface area contributed by atoms with Crippen molar-refractivity contribution in [2.75, 3.05) is 13.7 Å². The topological polar surface area (TPSA) is 55.8 Å². The van der Waals surface area contributed by atoms with Gasteiger partial charge in [0, 0.05) is 0 Å². The molecule has 0 radical (unpaired) electrons. The van der Waals surface area contributed by atoms with Gasteiger partial charge < -0.3 is 14.6 Å². The van der Waals surface area contributed by atoms with E-state index in [1.807, 2.05) is 22.6 Å². The van der Waals surface area contributed by atoms with Gasteiger partial charge in [-0.15, -0.1) is 0 Å². The summed E-state index contributed by atoms with van der Waals surface area (Å²) in [4.78, 5) is 10.8. The average molecular weight is 334 g/mol. The fourth-order valence-corrected chi connectivity index (χ4v) is 1.88. The van der Waals surface area contributed by atoms with Crippen molar-refractivity contribution in [3.05, 3.63) is 33.9 Å². The minimum absolute atomic E-state index is 0.173. The number of carboxylic acids is 1. The molecular weight excluding hydrogens is 323 g/mol. The first-order valence-electron chi connectivity index (χ1n) is 4.44. The Morgan fingerprint density at radius 2 is 2.31 bits per heavy atom. The molecule has 5 heteroatoms. The number of aromatic carboxylic acids is 1. The average Bonchev–Trinajstić information content (AvgIpc) is 2.26. The van der Waals surface area contributed by atoms with Crippen molar-refractivity contribution < 1.29 is 19.4 Å². The van der Waals surface area contributed by atoms with Gasteiger partial charge in [-0.25, -0.2) is 4.79 Å². The highest BCUT2D eigenvalue weighted by molar-refractivity contribution is 14.1. The molecule has 0 unspecified atom stereocenters. The number of halogens is 1. The molecule has 16 heavy (non-hydrogen) atoms. The standard InChI is InChI=1S/C11H11IO4/c1-3-4-16-10-8(12)5-7(11(13)14)6-9(10)15-2/h3,5-6H,1,4H2,2H3,(H,13,14). The van der Waals surface area contributed by atoms with E-state index in [-0.39, 0.29) is 5.56 Å². The number of carboxylic acid groups (broad SMARTS) is 1. The van der Waals surface area contributed by atoms with Crippen LogP contribution < -0.4 is 9.47 Å². The lowest BCUT2D eigenvalue weighted by Gasteiger charge is -2.12. The number of carbonyl (C=O) groups is 1. The van der Waals surface area contributed by atoms with Crippen molar-refractivity contribution >= 4 is 28.6 Å². The van der Waals surface area contributed by atoms with E-state index in [0.29, 0.717) is 21.7 Å². The molecule has 4 nitrogen and oxygen atoms in total. The van der Waals surface area contributed by atoms with Crippen LogP contribution in [0.15, 0.2) is 24.8 Å². The molecule has 0 aliphatic carbocycles. The Bertz CT molecular complexity index is 415. The predicted octanol–water partition coefficient (Wildman–Crippen LogP) is 2.56. The monoisotopic (exact) mass is 334 g/mol. The largest absolute Gasteiger partial charge is 0.493 e. The van der Waals surface area contributed by atoms with Crippen molar-refractivity contribution in [2.45, 2.75) is 0 Å². The molecule has 0 fully saturated rings. The van der Waals surface area contributed by atoms with Crippen LogP contribution in [0.2, 0.25) is 0 Å². The maximum atomic E-state index is 10.8. The molecule has 1 aromatic carbocycles. The molecule has 0 atom stereocenters. The molecule has 0 bridgehead atoms. The van der Waals surface area contributed by atoms with E-state index in [9.17, 15) is 4.79 Å². The Hall–Kier alpha value is -1.24. The Balaban J connectivity index is 3.17. The smallest absolute Gasteiger partial charge is 0.335 e. The van der Waals surface area contributed by atoms with E-state index in [0.717, 1.165) is 0 Å². The van der Waals surface area contributed by atoms with Crippen LogP contribution in [0.3, 0.4) is 0 Å². The molecule has 0 heterocycles. The zero-order chi connectivity index (χ0) is 12.1. The summed E-state index contributed by atoms with van der Waals surface area (Å²) in [5.41, 5.74) is 0.173. The fourth-order valence-electron chi connectivity index (χ4n) is 1.13. The summed E-state index contributed by atoms with van der Waals surface area (Å²) in [5.74, 6) is -0.0503. The summed E-state index contributed by atoms with van der Waals surface area (Å²) in [6.45, 7) is 3.89. The lowest BCUT2D eigenvalue weighted by molar-refractivity contribution is 0.0696. The molecule has 0 saturated heterocycles. The van der Waals surface area contributed by atoms with Gasteiger partial charge in [0.05, 0.1) is 16.2 Å². The second kappa shape index (κ2) is 5.74. The maximum Gasteiger partial charge on any atom is 0.335 e. The summed E-state index contributed by atoms with van der Waals surface area (Å²) in [5, 5.41) is 8.88. The van der Waals surface area contributed by atoms with E-state index in [1.165, 1.54) is 19.2 Å². The number of ether oxygens (including phenoxy) is 2. The molecule has 86 valence electrons. The highest BCUT2D eigenvalue weighted by Gasteiger charge is 2.14. The fraction of sp³-hybridized carbons (Fsp3) is 0.182. The molecule has 1 N–H and O–H groups in total. The first kappa shape index (κ1) is 12.8. The lowest BCUT2D eigenvalue weighted by atomic mass is 10.2. The van der Waals surface area contributed by atoms with Crippen LogP contribution in [0.4, 0.5) is 0 Å². The number of rotatable bonds is 5. The van der Waals surface area contributed by atoms with Gasteiger partial charge in [-0.3, -0.25) is 0 Å². The van der Waals surface area contributed by atoms with E-state index in [2.05, 4.69) is 6.58 Å². The van der Waals surface area contributed by atoms with Crippen LogP contribution >= 0.6 is 22.6 Å². The second-order valence-corrected chi connectivity index (χ2v) is 4.06. The SMILES string of the molecule is C=CCOc1c(I)cc(C(=O)O)cc1OC. The highest BCUT2D eigenvalue weighted by Crippen LogP contribution is 2.33. The van der Waals surface area contributed by atoms with Gasteiger partial charge in [0.2, 0.25) is 0 Å². The Kier molecular flexibility index (Phi) is 4.60. The zero-order valence-electron chi connectivity index (χ0n) is 8.70. The Labute approximate surface area is 107 Å². The van der Waals surface area contributed by atoms with Crippen LogP contribution in [-0.4, -0.2) is 24.8 Å². The van der Waals surface area contributed by atoms with Gasteiger partial charge in [0.25, 0.3) is 0 Å². The van der Waals surface area contributed by atoms with Gasteiger partial charge >= 0.3 is 5.97 Å². The molecule has 0 spiro atoms. The Morgan fingerprint density at radius 1 is 1.62 bits per heavy atom. The van der Waals surface area contributed by atoms with Crippen molar-refractivity contribution in [1.29, 1.82) is 0 Å². The number of benzene rings is 1. The van der Waals surface area contributed by atoms with Gasteiger partial charge in [0.1, 0.15) is 6.61 Å². The van der Waals surface area contributed by atoms with Crippen LogP contribution in [0.25, 0.3) is 0 Å². The van der Waals surface area contributed by atoms with Gasteiger partial charge in [-0.1, -0.05) is 12.7 Å². The third-order valence-electron chi connectivity index (χ3n) is 1.82. The normalized spacial score (nSPS) is 9.62. The van der Waals surface area contributed by atoms with E-state index < -0.39 is 5.97 Å². The van der Waals surface area contributed by atoms with Gasteiger partial charge in [0.15, 0.2) is 11.5 Å². The minimum atomic E-state index is -0.994. The molecular formula is C11H11IO4. The van der Waals surface area contributed by atoms with Crippen LogP contribution in [0.5, 0.6) is 11.5 Å². The molecule has 0 amide bonds. The van der Waals surface area contributed by atoms with E-state index >= 15 is 0 Å². The third-order valence-corrected chi connectivity index (χ3v) is 2.62. The Morgan fingerprint density at radius 3 is 2.81 bits per heavy atom. The van der Waals surface area contributed by atoms with E-state index in [4.69, 9.17) is 14.6 Å². The summed E-state index contributed by atoms with van der Waals surface area (Å²) < 4.78 is 11.2. The minimum Gasteiger partial charge on any atom is -0.493 e. The van der Waals surface area contributed by atoms with Crippen molar-refractivity contribution in [1.82, 2.24) is 0 Å². The molecule has 0 aliphatic rings. The molecule has 0 aromatic heterocycles. The molecule has 1 rings (SSSR count). The van der Waals surface area contributed by atoms with Crippen LogP contribution in [0, 0.1) is 3.57 Å². The quantitative estimate of drug-likeness (QED) is 0.664. The first-order chi connectivity index (χ1) is 7.60. The summed E-state index contributed by atoms with van der Waals surface area (Å²) in [6, 6.07) is 2.97. The first-order valence-corrected chi connectivity index (χ1v) is 5.52. The lowest BCUT2D eigenvalue weighted by Crippen LogP contribution is -2.02. The summed E-state index contributed by atoms with van der Waals surface area (Å²) >= 11 is 2.01. The molecule has 1 aromatic rings. The van der Waals surface area contributed by atoms with Gasteiger partial charge in [-0.05, 0) is 34.7 Å². The van der Waals surface area contributed by atoms with E-state index in [1.54, 1.807) is 6.08 Å². The third kappa shape index (κ3) is 2.88. The number of methoxy groups -OCH3 is 1. The van der Waals surface area contributed by atoms with Crippen LogP contribution in [0.1, 0.15) is 10.4 Å². The zero-order valence-corrected chi connectivity index (χ0v) is 10.9. The maximum absolute atomic E-state index is 10.8. The van der Waals surface area contributed by atoms with Crippen molar-refractivity contribution in [2.24, 2.45) is 0 Å². The molecule has 0 saturated carbocycles. The predicted molar refractivity (Wildman–Crippen MR) is 68.4 cm³/mol. The van der Waals surface area contributed by atoms with Crippen molar-refractivity contribution in [3.8, 4) is 11.5 Å². The molecule has 0 aliphatic heterocycles. The van der Waals surface area contributed by atoms with Crippen molar-refractivity contribution in [3.63, 3.8) is 0 Å². The summed E-state index contributed by atoms with van der Waals surface area (Å²) in [7, 11) is 1.47. The highest BCUT2D eigenvalue weighted by atomic mass is 127. The van der Waals surface area contributed by atoms with Gasteiger partial charge in [-0.2, -0.15) is 0 Å².